The van der Waals surface area contributed by atoms with Crippen LogP contribution in [0.2, 0.25) is 0 Å². The van der Waals surface area contributed by atoms with Gasteiger partial charge in [-0.3, -0.25) is 4.79 Å². The van der Waals surface area contributed by atoms with E-state index >= 15 is 0 Å². The van der Waals surface area contributed by atoms with Crippen molar-refractivity contribution in [2.45, 2.75) is 12.8 Å². The van der Waals surface area contributed by atoms with E-state index in [0.29, 0.717) is 5.56 Å². The fourth-order valence-corrected chi connectivity index (χ4v) is 1.92. The molecule has 0 heterocycles. The summed E-state index contributed by atoms with van der Waals surface area (Å²) in [6.07, 6.45) is 0. The molecule has 0 fully saturated rings. The van der Waals surface area contributed by atoms with Crippen molar-refractivity contribution in [1.29, 1.82) is 0 Å². The summed E-state index contributed by atoms with van der Waals surface area (Å²) in [5, 5.41) is 12.1. The molecule has 2 aromatic rings. The van der Waals surface area contributed by atoms with Gasteiger partial charge in [0.1, 0.15) is 0 Å². The van der Waals surface area contributed by atoms with Gasteiger partial charge < -0.3 is 10.4 Å². The fourth-order valence-electron chi connectivity index (χ4n) is 1.92. The molecule has 0 radical (unpaired) electrons. The molecular formula is C16H17NO2. The second kappa shape index (κ2) is 6.16. The SMILES string of the molecule is C[C@H](CO)c1ccccc1NC(=O)c1ccccc1. The molecule has 1 atom stereocenters. The second-order valence-electron chi connectivity index (χ2n) is 4.49. The van der Waals surface area contributed by atoms with Gasteiger partial charge in [-0.25, -0.2) is 0 Å². The number of carbonyl (C=O) groups is 1. The molecule has 0 aliphatic rings. The zero-order valence-electron chi connectivity index (χ0n) is 10.8. The molecule has 0 bridgehead atoms. The standard InChI is InChI=1S/C16H17NO2/c1-12(11-18)14-9-5-6-10-15(14)17-16(19)13-7-3-2-4-8-13/h2-10,12,18H,11H2,1H3,(H,17,19)/t12-/m1/s1. The molecular weight excluding hydrogens is 238 g/mol. The van der Waals surface area contributed by atoms with Crippen molar-refractivity contribution in [3.8, 4) is 0 Å². The van der Waals surface area contributed by atoms with Gasteiger partial charge in [-0.2, -0.15) is 0 Å². The van der Waals surface area contributed by atoms with Crippen LogP contribution in [0.25, 0.3) is 0 Å². The normalized spacial score (nSPS) is 11.9. The minimum atomic E-state index is -0.141. The van der Waals surface area contributed by atoms with E-state index < -0.39 is 0 Å². The highest BCUT2D eigenvalue weighted by Gasteiger charge is 2.12. The number of para-hydroxylation sites is 1. The Morgan fingerprint density at radius 1 is 1.11 bits per heavy atom. The first kappa shape index (κ1) is 13.3. The maximum Gasteiger partial charge on any atom is 0.255 e. The molecule has 0 aliphatic carbocycles. The zero-order chi connectivity index (χ0) is 13.7. The van der Waals surface area contributed by atoms with Crippen molar-refractivity contribution in [2.24, 2.45) is 0 Å². The van der Waals surface area contributed by atoms with Crippen LogP contribution in [-0.2, 0) is 0 Å². The Kier molecular flexibility index (Phi) is 4.31. The van der Waals surface area contributed by atoms with Crippen LogP contribution < -0.4 is 5.32 Å². The lowest BCUT2D eigenvalue weighted by molar-refractivity contribution is 0.102. The van der Waals surface area contributed by atoms with Gasteiger partial charge in [0.25, 0.3) is 5.91 Å². The maximum atomic E-state index is 12.1. The van der Waals surface area contributed by atoms with Crippen molar-refractivity contribution >= 4 is 11.6 Å². The molecule has 98 valence electrons. The van der Waals surface area contributed by atoms with Gasteiger partial charge >= 0.3 is 0 Å². The largest absolute Gasteiger partial charge is 0.396 e. The fraction of sp³-hybridized carbons (Fsp3) is 0.188. The van der Waals surface area contributed by atoms with Crippen LogP contribution in [0, 0.1) is 0 Å². The molecule has 0 unspecified atom stereocenters. The van der Waals surface area contributed by atoms with Crippen molar-refractivity contribution in [3.63, 3.8) is 0 Å². The van der Waals surface area contributed by atoms with E-state index in [1.807, 2.05) is 49.4 Å². The average molecular weight is 255 g/mol. The van der Waals surface area contributed by atoms with E-state index in [0.717, 1.165) is 11.3 Å². The molecule has 0 saturated heterocycles. The third-order valence-electron chi connectivity index (χ3n) is 3.05. The van der Waals surface area contributed by atoms with Gasteiger partial charge in [0.15, 0.2) is 0 Å². The lowest BCUT2D eigenvalue weighted by Crippen LogP contribution is -2.14. The molecule has 2 N–H and O–H groups in total. The van der Waals surface area contributed by atoms with Crippen molar-refractivity contribution in [1.82, 2.24) is 0 Å². The molecule has 0 saturated carbocycles. The first-order valence-electron chi connectivity index (χ1n) is 6.28. The number of aliphatic hydroxyl groups excluding tert-OH is 1. The molecule has 19 heavy (non-hydrogen) atoms. The van der Waals surface area contributed by atoms with Crippen LogP contribution in [0.3, 0.4) is 0 Å². The lowest BCUT2D eigenvalue weighted by Gasteiger charge is -2.15. The highest BCUT2D eigenvalue weighted by atomic mass is 16.3. The predicted molar refractivity (Wildman–Crippen MR) is 76.3 cm³/mol. The summed E-state index contributed by atoms with van der Waals surface area (Å²) in [4.78, 5) is 12.1. The molecule has 0 spiro atoms. The quantitative estimate of drug-likeness (QED) is 0.882. The zero-order valence-corrected chi connectivity index (χ0v) is 10.8. The van der Waals surface area contributed by atoms with E-state index in [1.54, 1.807) is 12.1 Å². The minimum Gasteiger partial charge on any atom is -0.396 e. The highest BCUT2D eigenvalue weighted by Crippen LogP contribution is 2.24. The summed E-state index contributed by atoms with van der Waals surface area (Å²) in [7, 11) is 0. The number of anilines is 1. The lowest BCUT2D eigenvalue weighted by atomic mass is 10.00. The summed E-state index contributed by atoms with van der Waals surface area (Å²) >= 11 is 0. The van der Waals surface area contributed by atoms with Crippen molar-refractivity contribution in [2.75, 3.05) is 11.9 Å². The Hall–Kier alpha value is -2.13. The molecule has 0 aromatic heterocycles. The van der Waals surface area contributed by atoms with E-state index in [-0.39, 0.29) is 18.4 Å². The van der Waals surface area contributed by atoms with Gasteiger partial charge in [0.2, 0.25) is 0 Å². The third-order valence-corrected chi connectivity index (χ3v) is 3.05. The third kappa shape index (κ3) is 3.20. The van der Waals surface area contributed by atoms with Gasteiger partial charge in [-0.05, 0) is 23.8 Å². The van der Waals surface area contributed by atoms with Gasteiger partial charge in [-0.15, -0.1) is 0 Å². The van der Waals surface area contributed by atoms with Crippen LogP contribution >= 0.6 is 0 Å². The van der Waals surface area contributed by atoms with Crippen LogP contribution in [0.4, 0.5) is 5.69 Å². The molecule has 2 rings (SSSR count). The molecule has 1 amide bonds. The number of aliphatic hydroxyl groups is 1. The highest BCUT2D eigenvalue weighted by molar-refractivity contribution is 6.04. The first-order chi connectivity index (χ1) is 9.22. The van der Waals surface area contributed by atoms with Gasteiger partial charge in [0, 0.05) is 23.8 Å². The summed E-state index contributed by atoms with van der Waals surface area (Å²) in [5.41, 5.74) is 2.31. The van der Waals surface area contributed by atoms with Crippen molar-refractivity contribution < 1.29 is 9.90 Å². The minimum absolute atomic E-state index is 0.00715. The Morgan fingerprint density at radius 3 is 2.42 bits per heavy atom. The Bertz CT molecular complexity index is 552. The summed E-state index contributed by atoms with van der Waals surface area (Å²) in [6.45, 7) is 1.98. The van der Waals surface area contributed by atoms with Crippen molar-refractivity contribution in [3.05, 3.63) is 65.7 Å². The molecule has 0 aliphatic heterocycles. The van der Waals surface area contributed by atoms with Crippen LogP contribution in [0.5, 0.6) is 0 Å². The molecule has 2 aromatic carbocycles. The number of hydrogen-bond acceptors (Lipinski definition) is 2. The summed E-state index contributed by atoms with van der Waals surface area (Å²) in [6, 6.07) is 16.6. The average Bonchev–Trinajstić information content (AvgIpc) is 2.48. The first-order valence-corrected chi connectivity index (χ1v) is 6.28. The Morgan fingerprint density at radius 2 is 1.74 bits per heavy atom. The summed E-state index contributed by atoms with van der Waals surface area (Å²) in [5.74, 6) is -0.148. The molecule has 3 nitrogen and oxygen atoms in total. The monoisotopic (exact) mass is 255 g/mol. The van der Waals surface area contributed by atoms with Gasteiger partial charge in [-0.1, -0.05) is 43.3 Å². The molecule has 3 heteroatoms. The van der Waals surface area contributed by atoms with E-state index in [1.165, 1.54) is 0 Å². The number of nitrogens with one attached hydrogen (secondary N) is 1. The van der Waals surface area contributed by atoms with Gasteiger partial charge in [0.05, 0.1) is 0 Å². The Balaban J connectivity index is 2.22. The number of benzene rings is 2. The van der Waals surface area contributed by atoms with Crippen LogP contribution in [0.15, 0.2) is 54.6 Å². The van der Waals surface area contributed by atoms with E-state index in [2.05, 4.69) is 5.32 Å². The van der Waals surface area contributed by atoms with Crippen LogP contribution in [-0.4, -0.2) is 17.6 Å². The maximum absolute atomic E-state index is 12.1. The predicted octanol–water partition coefficient (Wildman–Crippen LogP) is 3.03. The number of carbonyl (C=O) groups excluding carboxylic acids is 1. The second-order valence-corrected chi connectivity index (χ2v) is 4.49. The van der Waals surface area contributed by atoms with E-state index in [4.69, 9.17) is 0 Å². The summed E-state index contributed by atoms with van der Waals surface area (Å²) < 4.78 is 0. The smallest absolute Gasteiger partial charge is 0.255 e. The number of hydrogen-bond donors (Lipinski definition) is 2. The topological polar surface area (TPSA) is 49.3 Å². The Labute approximate surface area is 112 Å². The van der Waals surface area contributed by atoms with Crippen LogP contribution in [0.1, 0.15) is 28.8 Å². The number of amides is 1. The number of rotatable bonds is 4. The van der Waals surface area contributed by atoms with E-state index in [9.17, 15) is 9.90 Å².